The van der Waals surface area contributed by atoms with Crippen LogP contribution >= 0.6 is 0 Å². The largest absolute Gasteiger partial charge is 0.277 e. The van der Waals surface area contributed by atoms with Gasteiger partial charge in [0.1, 0.15) is 22.3 Å². The van der Waals surface area contributed by atoms with Gasteiger partial charge < -0.3 is 0 Å². The van der Waals surface area contributed by atoms with Crippen LogP contribution in [-0.4, -0.2) is 8.42 Å². The van der Waals surface area contributed by atoms with E-state index in [1.165, 1.54) is 12.1 Å². The molecule has 20 heavy (non-hydrogen) atoms. The Bertz CT molecular complexity index is 760. The molecule has 0 saturated carbocycles. The van der Waals surface area contributed by atoms with Crippen molar-refractivity contribution >= 4 is 15.7 Å². The molecule has 3 nitrogen and oxygen atoms in total. The maximum absolute atomic E-state index is 13.5. The van der Waals surface area contributed by atoms with Crippen molar-refractivity contribution in [2.45, 2.75) is 11.8 Å². The van der Waals surface area contributed by atoms with Gasteiger partial charge in [-0.15, -0.1) is 0 Å². The lowest BCUT2D eigenvalue weighted by Crippen LogP contribution is -2.15. The summed E-state index contributed by atoms with van der Waals surface area (Å²) in [6.07, 6.45) is 0. The highest BCUT2D eigenvalue weighted by Crippen LogP contribution is 2.22. The normalized spacial score (nSPS) is 11.4. The smallest absolute Gasteiger partial charge is 0.264 e. The van der Waals surface area contributed by atoms with Crippen molar-refractivity contribution in [1.29, 1.82) is 0 Å². The molecule has 0 aromatic heterocycles. The van der Waals surface area contributed by atoms with Crippen molar-refractivity contribution in [1.82, 2.24) is 0 Å². The molecule has 0 saturated heterocycles. The van der Waals surface area contributed by atoms with Gasteiger partial charge in [-0.3, -0.25) is 4.72 Å². The van der Waals surface area contributed by atoms with E-state index in [1.54, 1.807) is 6.92 Å². The molecular formula is C13H10F3NO2S. The SMILES string of the molecule is Cc1ccc(F)c(NS(=O)(=O)c2ccc(F)cc2F)c1. The van der Waals surface area contributed by atoms with Crippen LogP contribution in [0.1, 0.15) is 5.56 Å². The molecule has 0 heterocycles. The van der Waals surface area contributed by atoms with E-state index in [4.69, 9.17) is 0 Å². The fraction of sp³-hybridized carbons (Fsp3) is 0.0769. The number of aryl methyl sites for hydroxylation is 1. The molecule has 7 heteroatoms. The molecule has 2 aromatic carbocycles. The van der Waals surface area contributed by atoms with Crippen LogP contribution in [0.2, 0.25) is 0 Å². The zero-order valence-electron chi connectivity index (χ0n) is 10.3. The lowest BCUT2D eigenvalue weighted by molar-refractivity contribution is 0.550. The number of hydrogen-bond donors (Lipinski definition) is 1. The van der Waals surface area contributed by atoms with Gasteiger partial charge in [-0.25, -0.2) is 21.6 Å². The predicted octanol–water partition coefficient (Wildman–Crippen LogP) is 3.21. The van der Waals surface area contributed by atoms with Crippen LogP contribution in [0.5, 0.6) is 0 Å². The first-order valence-electron chi connectivity index (χ1n) is 5.53. The molecule has 0 aliphatic heterocycles. The Labute approximate surface area is 114 Å². The van der Waals surface area contributed by atoms with Gasteiger partial charge in [0.15, 0.2) is 0 Å². The highest BCUT2D eigenvalue weighted by molar-refractivity contribution is 7.92. The number of hydrogen-bond acceptors (Lipinski definition) is 2. The van der Waals surface area contributed by atoms with Gasteiger partial charge in [0.05, 0.1) is 5.69 Å². The maximum atomic E-state index is 13.5. The summed E-state index contributed by atoms with van der Waals surface area (Å²) < 4.78 is 65.6. The van der Waals surface area contributed by atoms with Gasteiger partial charge in [-0.05, 0) is 36.8 Å². The van der Waals surface area contributed by atoms with Gasteiger partial charge in [-0.1, -0.05) is 6.07 Å². The molecule has 1 N–H and O–H groups in total. The average Bonchev–Trinajstić information content (AvgIpc) is 2.33. The van der Waals surface area contributed by atoms with E-state index in [9.17, 15) is 21.6 Å². The van der Waals surface area contributed by atoms with E-state index in [0.717, 1.165) is 18.2 Å². The fourth-order valence-corrected chi connectivity index (χ4v) is 2.73. The second-order valence-electron chi connectivity index (χ2n) is 4.16. The Balaban J connectivity index is 2.43. The maximum Gasteiger partial charge on any atom is 0.264 e. The van der Waals surface area contributed by atoms with Crippen LogP contribution in [0.15, 0.2) is 41.3 Å². The van der Waals surface area contributed by atoms with Crippen molar-refractivity contribution < 1.29 is 21.6 Å². The average molecular weight is 301 g/mol. The lowest BCUT2D eigenvalue weighted by atomic mass is 10.2. The molecule has 0 amide bonds. The standard InChI is InChI=1S/C13H10F3NO2S/c1-8-2-4-10(15)12(6-8)17-20(18,19)13-5-3-9(14)7-11(13)16/h2-7,17H,1H3. The number of benzene rings is 2. The topological polar surface area (TPSA) is 46.2 Å². The summed E-state index contributed by atoms with van der Waals surface area (Å²) in [5.41, 5.74) is 0.331. The zero-order valence-corrected chi connectivity index (χ0v) is 11.1. The minimum atomic E-state index is -4.33. The van der Waals surface area contributed by atoms with Gasteiger partial charge >= 0.3 is 0 Å². The first kappa shape index (κ1) is 14.4. The molecule has 0 bridgehead atoms. The van der Waals surface area contributed by atoms with E-state index < -0.39 is 32.4 Å². The van der Waals surface area contributed by atoms with E-state index >= 15 is 0 Å². The van der Waals surface area contributed by atoms with Crippen molar-refractivity contribution in [2.75, 3.05) is 4.72 Å². The summed E-state index contributed by atoms with van der Waals surface area (Å²) in [4.78, 5) is -0.750. The molecule has 0 atom stereocenters. The molecule has 0 spiro atoms. The number of anilines is 1. The van der Waals surface area contributed by atoms with Crippen LogP contribution in [0.25, 0.3) is 0 Å². The van der Waals surface area contributed by atoms with Gasteiger partial charge in [0.2, 0.25) is 0 Å². The van der Waals surface area contributed by atoms with Gasteiger partial charge in [0, 0.05) is 6.07 Å². The minimum Gasteiger partial charge on any atom is -0.277 e. The minimum absolute atomic E-state index is 0.297. The number of halogens is 3. The molecule has 0 aliphatic rings. The van der Waals surface area contributed by atoms with Crippen molar-refractivity contribution in [3.63, 3.8) is 0 Å². The summed E-state index contributed by atoms with van der Waals surface area (Å²) in [6.45, 7) is 1.65. The summed E-state index contributed by atoms with van der Waals surface area (Å²) in [5, 5.41) is 0. The quantitative estimate of drug-likeness (QED) is 0.946. The Hall–Kier alpha value is -2.02. The molecule has 0 radical (unpaired) electrons. The van der Waals surface area contributed by atoms with E-state index in [2.05, 4.69) is 0 Å². The van der Waals surface area contributed by atoms with Crippen LogP contribution in [0.3, 0.4) is 0 Å². The van der Waals surface area contributed by atoms with Crippen LogP contribution in [0, 0.1) is 24.4 Å². The first-order chi connectivity index (χ1) is 9.29. The van der Waals surface area contributed by atoms with Crippen LogP contribution < -0.4 is 4.72 Å². The summed E-state index contributed by atoms with van der Waals surface area (Å²) in [5.74, 6) is -2.93. The molecule has 106 valence electrons. The second-order valence-corrected chi connectivity index (χ2v) is 5.81. The summed E-state index contributed by atoms with van der Waals surface area (Å²) >= 11 is 0. The zero-order chi connectivity index (χ0) is 14.9. The molecule has 0 aliphatic carbocycles. The van der Waals surface area contributed by atoms with Crippen molar-refractivity contribution in [2.24, 2.45) is 0 Å². The third-order valence-corrected chi connectivity index (χ3v) is 3.95. The van der Waals surface area contributed by atoms with E-state index in [1.807, 2.05) is 4.72 Å². The summed E-state index contributed by atoms with van der Waals surface area (Å²) in [6, 6.07) is 5.86. The van der Waals surface area contributed by atoms with Crippen LogP contribution in [0.4, 0.5) is 18.9 Å². The predicted molar refractivity (Wildman–Crippen MR) is 68.3 cm³/mol. The Morgan fingerprint density at radius 2 is 1.65 bits per heavy atom. The molecule has 2 rings (SSSR count). The molecular weight excluding hydrogens is 291 g/mol. The number of nitrogens with one attached hydrogen (secondary N) is 1. The van der Waals surface area contributed by atoms with Gasteiger partial charge in [0.25, 0.3) is 10.0 Å². The van der Waals surface area contributed by atoms with Gasteiger partial charge in [-0.2, -0.15) is 0 Å². The molecule has 0 unspecified atom stereocenters. The van der Waals surface area contributed by atoms with Crippen LogP contribution in [-0.2, 0) is 10.0 Å². The molecule has 2 aromatic rings. The van der Waals surface area contributed by atoms with E-state index in [0.29, 0.717) is 11.6 Å². The van der Waals surface area contributed by atoms with Crippen molar-refractivity contribution in [3.8, 4) is 0 Å². The highest BCUT2D eigenvalue weighted by atomic mass is 32.2. The first-order valence-corrected chi connectivity index (χ1v) is 7.02. The van der Waals surface area contributed by atoms with Crippen molar-refractivity contribution in [3.05, 3.63) is 59.4 Å². The monoisotopic (exact) mass is 301 g/mol. The third kappa shape index (κ3) is 2.93. The molecule has 0 fully saturated rings. The summed E-state index contributed by atoms with van der Waals surface area (Å²) in [7, 11) is -4.33. The fourth-order valence-electron chi connectivity index (χ4n) is 1.61. The Morgan fingerprint density at radius 1 is 0.950 bits per heavy atom. The van der Waals surface area contributed by atoms with E-state index in [-0.39, 0.29) is 5.69 Å². The number of sulfonamides is 1. The second kappa shape index (κ2) is 5.16. The Kier molecular flexibility index (Phi) is 3.71. The highest BCUT2D eigenvalue weighted by Gasteiger charge is 2.21. The lowest BCUT2D eigenvalue weighted by Gasteiger charge is -2.10. The Morgan fingerprint density at radius 3 is 2.30 bits per heavy atom. The third-order valence-electron chi connectivity index (χ3n) is 2.55. The number of rotatable bonds is 3.